The predicted molar refractivity (Wildman–Crippen MR) is 112 cm³/mol. The lowest BCUT2D eigenvalue weighted by atomic mass is 10.1. The van der Waals surface area contributed by atoms with E-state index in [0.717, 1.165) is 22.7 Å². The van der Waals surface area contributed by atoms with E-state index < -0.39 is 6.17 Å². The lowest BCUT2D eigenvalue weighted by Gasteiger charge is -2.27. The summed E-state index contributed by atoms with van der Waals surface area (Å²) < 4.78 is 12.0. The molecule has 0 unspecified atom stereocenters. The van der Waals surface area contributed by atoms with Crippen molar-refractivity contribution < 1.29 is 9.47 Å². The molecule has 0 saturated carbocycles. The highest BCUT2D eigenvalue weighted by atomic mass is 16.5. The number of fused-ring (bicyclic) bond motifs is 1. The number of ether oxygens (including phenoxy) is 2. The van der Waals surface area contributed by atoms with Gasteiger partial charge in [0.1, 0.15) is 11.5 Å². The molecule has 29 heavy (non-hydrogen) atoms. The third-order valence-corrected chi connectivity index (χ3v) is 4.57. The Hall–Kier alpha value is -3.81. The van der Waals surface area contributed by atoms with E-state index in [2.05, 4.69) is 15.6 Å². The molecule has 3 aromatic rings. The van der Waals surface area contributed by atoms with Gasteiger partial charge in [-0.25, -0.2) is 9.98 Å². The molecule has 0 radical (unpaired) electrons. The zero-order chi connectivity index (χ0) is 20.4. The minimum atomic E-state index is -0.557. The summed E-state index contributed by atoms with van der Waals surface area (Å²) in [5.41, 5.74) is 2.13. The summed E-state index contributed by atoms with van der Waals surface area (Å²) in [5, 5.41) is 6.35. The van der Waals surface area contributed by atoms with Gasteiger partial charge >= 0.3 is 0 Å². The van der Waals surface area contributed by atoms with Crippen LogP contribution in [-0.4, -0.2) is 29.7 Å². The van der Waals surface area contributed by atoms with Crippen molar-refractivity contribution in [3.05, 3.63) is 76.2 Å². The van der Waals surface area contributed by atoms with Crippen molar-refractivity contribution in [2.24, 2.45) is 4.99 Å². The molecule has 1 aliphatic heterocycles. The largest absolute Gasteiger partial charge is 0.497 e. The number of nitrogens with zero attached hydrogens (tertiary/aromatic N) is 3. The zero-order valence-electron chi connectivity index (χ0n) is 16.3. The third-order valence-electron chi connectivity index (χ3n) is 4.57. The van der Waals surface area contributed by atoms with Gasteiger partial charge in [0, 0.05) is 17.4 Å². The number of nitrogens with one attached hydrogen (secondary N) is 2. The molecule has 0 aliphatic carbocycles. The van der Waals surface area contributed by atoms with Crippen molar-refractivity contribution in [1.82, 2.24) is 9.55 Å². The average Bonchev–Trinajstić information content (AvgIpc) is 2.73. The maximum absolute atomic E-state index is 12.7. The van der Waals surface area contributed by atoms with E-state index >= 15 is 0 Å². The van der Waals surface area contributed by atoms with Crippen LogP contribution in [0.2, 0.25) is 0 Å². The topological polar surface area (TPSA) is 89.8 Å². The Morgan fingerprint density at radius 2 is 1.62 bits per heavy atom. The highest BCUT2D eigenvalue weighted by Crippen LogP contribution is 2.27. The van der Waals surface area contributed by atoms with Gasteiger partial charge < -0.3 is 14.8 Å². The summed E-state index contributed by atoms with van der Waals surface area (Å²) in [7, 11) is 3.23. The molecule has 0 fully saturated rings. The van der Waals surface area contributed by atoms with Gasteiger partial charge in [-0.3, -0.25) is 14.7 Å². The molecule has 1 atom stereocenters. The highest BCUT2D eigenvalue weighted by Gasteiger charge is 2.25. The van der Waals surface area contributed by atoms with Gasteiger partial charge in [-0.1, -0.05) is 12.1 Å². The predicted octanol–water partition coefficient (Wildman–Crippen LogP) is 3.01. The number of rotatable bonds is 4. The second-order valence-electron chi connectivity index (χ2n) is 6.53. The van der Waals surface area contributed by atoms with Crippen molar-refractivity contribution >= 4 is 17.6 Å². The standard InChI is InChI=1S/C21H21N5O3/c1-13-12-18(27)26-19(14-4-8-16(28-2)9-5-14)24-20(25-21(26)22-13)23-15-6-10-17(29-3)11-7-15/h4-12,19H,1-3H3,(H2,22,23,24,25)/t19-/m1/s1. The number of benzene rings is 2. The number of aromatic nitrogens is 2. The monoisotopic (exact) mass is 391 g/mol. The first-order valence-corrected chi connectivity index (χ1v) is 9.07. The molecule has 0 bridgehead atoms. The fourth-order valence-corrected chi connectivity index (χ4v) is 3.12. The van der Waals surface area contributed by atoms with Crippen LogP contribution in [-0.2, 0) is 0 Å². The second-order valence-corrected chi connectivity index (χ2v) is 6.53. The molecule has 1 aliphatic rings. The van der Waals surface area contributed by atoms with Crippen LogP contribution in [0, 0.1) is 6.92 Å². The number of aryl methyl sites for hydroxylation is 1. The molecular weight excluding hydrogens is 370 g/mol. The summed E-state index contributed by atoms with van der Waals surface area (Å²) in [6, 6.07) is 16.4. The lowest BCUT2D eigenvalue weighted by Crippen LogP contribution is -2.37. The fraction of sp³-hybridized carbons (Fsp3) is 0.190. The molecule has 8 heteroatoms. The Balaban J connectivity index is 1.74. The Labute approximate surface area is 167 Å². The maximum Gasteiger partial charge on any atom is 0.257 e. The molecule has 148 valence electrons. The van der Waals surface area contributed by atoms with Gasteiger partial charge in [-0.05, 0) is 48.9 Å². The van der Waals surface area contributed by atoms with E-state index in [1.807, 2.05) is 48.5 Å². The van der Waals surface area contributed by atoms with Gasteiger partial charge in [-0.15, -0.1) is 0 Å². The van der Waals surface area contributed by atoms with Crippen LogP contribution in [0.1, 0.15) is 17.4 Å². The molecule has 2 heterocycles. The van der Waals surface area contributed by atoms with Crippen LogP contribution in [0.4, 0.5) is 11.6 Å². The van der Waals surface area contributed by atoms with Crippen LogP contribution in [0.15, 0.2) is 64.4 Å². The normalized spacial score (nSPS) is 15.0. The zero-order valence-corrected chi connectivity index (χ0v) is 16.3. The number of hydrogen-bond donors (Lipinski definition) is 2. The summed E-state index contributed by atoms with van der Waals surface area (Å²) in [4.78, 5) is 21.9. The molecule has 0 saturated heterocycles. The second kappa shape index (κ2) is 7.67. The van der Waals surface area contributed by atoms with Gasteiger partial charge in [0.15, 0.2) is 6.17 Å². The first kappa shape index (κ1) is 18.5. The molecule has 0 spiro atoms. The lowest BCUT2D eigenvalue weighted by molar-refractivity contribution is 0.414. The molecule has 2 aromatic carbocycles. The first-order valence-electron chi connectivity index (χ1n) is 9.07. The van der Waals surface area contributed by atoms with Crippen LogP contribution >= 0.6 is 0 Å². The Morgan fingerprint density at radius 3 is 2.24 bits per heavy atom. The smallest absolute Gasteiger partial charge is 0.257 e. The van der Waals surface area contributed by atoms with E-state index in [-0.39, 0.29) is 5.56 Å². The minimum Gasteiger partial charge on any atom is -0.497 e. The van der Waals surface area contributed by atoms with Crippen molar-refractivity contribution in [1.29, 1.82) is 0 Å². The van der Waals surface area contributed by atoms with Gasteiger partial charge in [0.25, 0.3) is 5.56 Å². The third kappa shape index (κ3) is 3.77. The van der Waals surface area contributed by atoms with E-state index in [4.69, 9.17) is 14.5 Å². The molecule has 2 N–H and O–H groups in total. The quantitative estimate of drug-likeness (QED) is 0.711. The highest BCUT2D eigenvalue weighted by molar-refractivity contribution is 6.03. The SMILES string of the molecule is COc1ccc(NC2=N[C@@H](c3ccc(OC)cc3)n3c(nc(C)cc3=O)N2)cc1. The van der Waals surface area contributed by atoms with Crippen LogP contribution in [0.3, 0.4) is 0 Å². The van der Waals surface area contributed by atoms with E-state index in [1.165, 1.54) is 10.6 Å². The summed E-state index contributed by atoms with van der Waals surface area (Å²) in [6.07, 6.45) is -0.557. The molecule has 4 rings (SSSR count). The number of hydrogen-bond acceptors (Lipinski definition) is 7. The average molecular weight is 391 g/mol. The Kier molecular flexibility index (Phi) is 4.90. The molecule has 1 aromatic heterocycles. The van der Waals surface area contributed by atoms with Gasteiger partial charge in [0.2, 0.25) is 11.9 Å². The van der Waals surface area contributed by atoms with Crippen LogP contribution in [0.5, 0.6) is 11.5 Å². The van der Waals surface area contributed by atoms with Crippen molar-refractivity contribution in [3.63, 3.8) is 0 Å². The number of guanidine groups is 1. The minimum absolute atomic E-state index is 0.173. The van der Waals surface area contributed by atoms with Gasteiger partial charge in [0.05, 0.1) is 14.2 Å². The van der Waals surface area contributed by atoms with Crippen LogP contribution < -0.4 is 25.7 Å². The van der Waals surface area contributed by atoms with Crippen molar-refractivity contribution in [2.75, 3.05) is 24.9 Å². The van der Waals surface area contributed by atoms with E-state index in [1.54, 1.807) is 21.1 Å². The first-order chi connectivity index (χ1) is 14.1. The molecular formula is C21H21N5O3. The fourth-order valence-electron chi connectivity index (χ4n) is 3.12. The summed E-state index contributed by atoms with van der Waals surface area (Å²) in [6.45, 7) is 1.79. The summed E-state index contributed by atoms with van der Waals surface area (Å²) in [5.74, 6) is 2.42. The van der Waals surface area contributed by atoms with E-state index in [0.29, 0.717) is 17.6 Å². The van der Waals surface area contributed by atoms with Crippen LogP contribution in [0.25, 0.3) is 0 Å². The van der Waals surface area contributed by atoms with Gasteiger partial charge in [-0.2, -0.15) is 0 Å². The Morgan fingerprint density at radius 1 is 1.00 bits per heavy atom. The summed E-state index contributed by atoms with van der Waals surface area (Å²) >= 11 is 0. The number of aliphatic imine (C=N–C) groups is 1. The van der Waals surface area contributed by atoms with Crippen molar-refractivity contribution in [3.8, 4) is 11.5 Å². The maximum atomic E-state index is 12.7. The number of anilines is 2. The molecule has 0 amide bonds. The molecule has 8 nitrogen and oxygen atoms in total. The van der Waals surface area contributed by atoms with E-state index in [9.17, 15) is 4.79 Å². The Bertz CT molecular complexity index is 1100. The van der Waals surface area contributed by atoms with Crippen molar-refractivity contribution in [2.45, 2.75) is 13.1 Å². The number of methoxy groups -OCH3 is 2.